The molecule has 0 atom stereocenters. The number of nitrogens with zero attached hydrogens (tertiary/aromatic N) is 2. The van der Waals surface area contributed by atoms with Crippen molar-refractivity contribution in [2.45, 2.75) is 27.3 Å². The molecule has 1 N–H and O–H groups in total. The van der Waals surface area contributed by atoms with Crippen molar-refractivity contribution in [2.24, 2.45) is 0 Å². The van der Waals surface area contributed by atoms with Gasteiger partial charge < -0.3 is 9.73 Å². The van der Waals surface area contributed by atoms with E-state index >= 15 is 0 Å². The van der Waals surface area contributed by atoms with Crippen molar-refractivity contribution in [3.63, 3.8) is 0 Å². The van der Waals surface area contributed by atoms with Gasteiger partial charge in [0.15, 0.2) is 5.58 Å². The molecule has 0 saturated heterocycles. The maximum Gasteiger partial charge on any atom is 0.420 e. The maximum absolute atomic E-state index is 12.4. The molecule has 2 aromatic carbocycles. The number of benzene rings is 2. The predicted molar refractivity (Wildman–Crippen MR) is 96.4 cm³/mol. The second kappa shape index (κ2) is 6.47. The Kier molecular flexibility index (Phi) is 4.33. The molecule has 8 heteroatoms. The average molecular weight is 355 g/mol. The number of rotatable bonds is 4. The predicted octanol–water partition coefficient (Wildman–Crippen LogP) is 3.07. The molecule has 0 fully saturated rings. The summed E-state index contributed by atoms with van der Waals surface area (Å²) in [6, 6.07) is 7.71. The van der Waals surface area contributed by atoms with E-state index in [1.54, 1.807) is 0 Å². The highest BCUT2D eigenvalue weighted by Gasteiger charge is 2.17. The fourth-order valence-corrected chi connectivity index (χ4v) is 3.01. The van der Waals surface area contributed by atoms with E-state index in [2.05, 4.69) is 5.32 Å². The van der Waals surface area contributed by atoms with Crippen LogP contribution in [0.3, 0.4) is 0 Å². The van der Waals surface area contributed by atoms with Crippen LogP contribution in [0.4, 0.5) is 11.4 Å². The molecular formula is C18H17N3O5. The zero-order chi connectivity index (χ0) is 19.0. The molecule has 26 heavy (non-hydrogen) atoms. The Morgan fingerprint density at radius 2 is 1.85 bits per heavy atom. The Labute approximate surface area is 148 Å². The van der Waals surface area contributed by atoms with Gasteiger partial charge in [-0.3, -0.25) is 19.5 Å². The number of non-ortho nitro benzene ring substituents is 1. The Morgan fingerprint density at radius 3 is 2.46 bits per heavy atom. The zero-order valence-corrected chi connectivity index (χ0v) is 14.5. The SMILES string of the molecule is Cc1cc(C)c(NC(=O)Cn2c(=O)oc3ccc([N+](=O)[O-])cc32)c(C)c1. The monoisotopic (exact) mass is 355 g/mol. The summed E-state index contributed by atoms with van der Waals surface area (Å²) < 4.78 is 6.13. The van der Waals surface area contributed by atoms with E-state index in [0.29, 0.717) is 5.69 Å². The molecule has 1 aromatic heterocycles. The van der Waals surface area contributed by atoms with E-state index in [4.69, 9.17) is 4.42 Å². The lowest BCUT2D eigenvalue weighted by atomic mass is 10.1. The van der Waals surface area contributed by atoms with Crippen LogP contribution in [0.15, 0.2) is 39.5 Å². The second-order valence-electron chi connectivity index (χ2n) is 6.19. The molecule has 0 aliphatic carbocycles. The molecule has 0 spiro atoms. The minimum absolute atomic E-state index is 0.183. The first-order valence-electron chi connectivity index (χ1n) is 7.91. The maximum atomic E-state index is 12.4. The van der Waals surface area contributed by atoms with Crippen LogP contribution in [-0.4, -0.2) is 15.4 Å². The number of aryl methyl sites for hydroxylation is 3. The molecule has 0 saturated carbocycles. The van der Waals surface area contributed by atoms with E-state index in [9.17, 15) is 19.7 Å². The third-order valence-electron chi connectivity index (χ3n) is 4.10. The summed E-state index contributed by atoms with van der Waals surface area (Å²) in [6.45, 7) is 5.44. The van der Waals surface area contributed by atoms with Gasteiger partial charge in [-0.05, 0) is 38.0 Å². The highest BCUT2D eigenvalue weighted by atomic mass is 16.6. The van der Waals surface area contributed by atoms with Crippen molar-refractivity contribution >= 4 is 28.4 Å². The molecule has 3 aromatic rings. The highest BCUT2D eigenvalue weighted by Crippen LogP contribution is 2.23. The van der Waals surface area contributed by atoms with Crippen molar-refractivity contribution in [3.8, 4) is 0 Å². The summed E-state index contributed by atoms with van der Waals surface area (Å²) in [4.78, 5) is 34.8. The van der Waals surface area contributed by atoms with Gasteiger partial charge in [-0.15, -0.1) is 0 Å². The van der Waals surface area contributed by atoms with Crippen LogP contribution in [0.5, 0.6) is 0 Å². The number of carbonyl (C=O) groups excluding carboxylic acids is 1. The molecule has 1 amide bonds. The molecule has 0 aliphatic heterocycles. The number of hydrogen-bond acceptors (Lipinski definition) is 5. The van der Waals surface area contributed by atoms with E-state index in [-0.39, 0.29) is 23.3 Å². The van der Waals surface area contributed by atoms with Crippen molar-refractivity contribution in [3.05, 3.63) is 67.7 Å². The number of amides is 1. The molecule has 134 valence electrons. The summed E-state index contributed by atoms with van der Waals surface area (Å²) >= 11 is 0. The first-order valence-corrected chi connectivity index (χ1v) is 7.91. The zero-order valence-electron chi connectivity index (χ0n) is 14.5. The van der Waals surface area contributed by atoms with Gasteiger partial charge in [-0.2, -0.15) is 0 Å². The Morgan fingerprint density at radius 1 is 1.19 bits per heavy atom. The lowest BCUT2D eigenvalue weighted by molar-refractivity contribution is -0.384. The van der Waals surface area contributed by atoms with Crippen LogP contribution in [0.25, 0.3) is 11.1 Å². The molecule has 0 bridgehead atoms. The van der Waals surface area contributed by atoms with Crippen LogP contribution in [0.2, 0.25) is 0 Å². The molecule has 0 unspecified atom stereocenters. The van der Waals surface area contributed by atoms with Crippen LogP contribution in [0, 0.1) is 30.9 Å². The number of nitro benzene ring substituents is 1. The first kappa shape index (κ1) is 17.4. The first-order chi connectivity index (χ1) is 12.3. The fraction of sp³-hybridized carbons (Fsp3) is 0.222. The standard InChI is InChI=1S/C18H17N3O5/c1-10-6-11(2)17(12(3)7-10)19-16(22)9-20-14-8-13(21(24)25)4-5-15(14)26-18(20)23/h4-8H,9H2,1-3H3,(H,19,22). The molecule has 1 heterocycles. The van der Waals surface area contributed by atoms with E-state index < -0.39 is 16.6 Å². The number of aromatic nitrogens is 1. The van der Waals surface area contributed by atoms with Crippen LogP contribution >= 0.6 is 0 Å². The smallest absolute Gasteiger partial charge is 0.408 e. The van der Waals surface area contributed by atoms with Crippen LogP contribution in [0.1, 0.15) is 16.7 Å². The number of fused-ring (bicyclic) bond motifs is 1. The molecule has 3 rings (SSSR count). The van der Waals surface area contributed by atoms with Crippen molar-refractivity contribution in [2.75, 3.05) is 5.32 Å². The van der Waals surface area contributed by atoms with Gasteiger partial charge in [0, 0.05) is 17.8 Å². The number of oxazole rings is 1. The summed E-state index contributed by atoms with van der Waals surface area (Å²) in [6.07, 6.45) is 0. The third-order valence-corrected chi connectivity index (χ3v) is 4.10. The lowest BCUT2D eigenvalue weighted by Gasteiger charge is -2.13. The van der Waals surface area contributed by atoms with Gasteiger partial charge in [0.05, 0.1) is 10.4 Å². The van der Waals surface area contributed by atoms with Gasteiger partial charge in [-0.25, -0.2) is 4.79 Å². The summed E-state index contributed by atoms with van der Waals surface area (Å²) in [7, 11) is 0. The van der Waals surface area contributed by atoms with Gasteiger partial charge in [0.2, 0.25) is 5.91 Å². The van der Waals surface area contributed by atoms with Gasteiger partial charge in [0.25, 0.3) is 5.69 Å². The van der Waals surface area contributed by atoms with E-state index in [0.717, 1.165) is 21.3 Å². The van der Waals surface area contributed by atoms with Crippen LogP contribution < -0.4 is 11.1 Å². The number of nitro groups is 1. The van der Waals surface area contributed by atoms with E-state index in [1.807, 2.05) is 32.9 Å². The van der Waals surface area contributed by atoms with Gasteiger partial charge in [-0.1, -0.05) is 17.7 Å². The molecule has 0 radical (unpaired) electrons. The van der Waals surface area contributed by atoms with Gasteiger partial charge in [0.1, 0.15) is 6.54 Å². The molecular weight excluding hydrogens is 338 g/mol. The Hall–Kier alpha value is -3.42. The molecule has 0 aliphatic rings. The van der Waals surface area contributed by atoms with Crippen molar-refractivity contribution in [1.82, 2.24) is 4.57 Å². The Balaban J connectivity index is 1.93. The number of nitrogens with one attached hydrogen (secondary N) is 1. The minimum atomic E-state index is -0.743. The van der Waals surface area contributed by atoms with Crippen molar-refractivity contribution in [1.29, 1.82) is 0 Å². The molecule has 8 nitrogen and oxygen atoms in total. The summed E-state index contributed by atoms with van der Waals surface area (Å²) in [5, 5.41) is 13.7. The van der Waals surface area contributed by atoms with Gasteiger partial charge >= 0.3 is 5.76 Å². The minimum Gasteiger partial charge on any atom is -0.408 e. The highest BCUT2D eigenvalue weighted by molar-refractivity contribution is 5.93. The van der Waals surface area contributed by atoms with E-state index in [1.165, 1.54) is 18.2 Å². The summed E-state index contributed by atoms with van der Waals surface area (Å²) in [5.74, 6) is -1.16. The Bertz CT molecular complexity index is 1070. The summed E-state index contributed by atoms with van der Waals surface area (Å²) in [5.41, 5.74) is 3.81. The number of hydrogen-bond donors (Lipinski definition) is 1. The number of anilines is 1. The second-order valence-corrected chi connectivity index (χ2v) is 6.19. The lowest BCUT2D eigenvalue weighted by Crippen LogP contribution is -2.25. The number of carbonyl (C=O) groups is 1. The quantitative estimate of drug-likeness (QED) is 0.571. The fourth-order valence-electron chi connectivity index (χ4n) is 3.01. The van der Waals surface area contributed by atoms with Crippen molar-refractivity contribution < 1.29 is 14.1 Å². The third kappa shape index (κ3) is 3.21. The normalized spacial score (nSPS) is 10.9. The van der Waals surface area contributed by atoms with Crippen LogP contribution in [-0.2, 0) is 11.3 Å². The average Bonchev–Trinajstić information content (AvgIpc) is 2.86. The largest absolute Gasteiger partial charge is 0.420 e. The topological polar surface area (TPSA) is 107 Å².